The molecule has 1 saturated heterocycles. The van der Waals surface area contributed by atoms with Gasteiger partial charge in [-0.05, 0) is 71.8 Å². The Bertz CT molecular complexity index is 822. The van der Waals surface area contributed by atoms with E-state index in [1.807, 2.05) is 40.9 Å². The van der Waals surface area contributed by atoms with Gasteiger partial charge in [0.1, 0.15) is 11.2 Å². The van der Waals surface area contributed by atoms with Gasteiger partial charge >= 0.3 is 6.09 Å². The third-order valence-corrected chi connectivity index (χ3v) is 5.87. The largest absolute Gasteiger partial charge is 0.444 e. The Morgan fingerprint density at radius 1 is 1.35 bits per heavy atom. The average molecular weight is 452 g/mol. The molecule has 9 heteroatoms. The maximum Gasteiger partial charge on any atom is 0.410 e. The van der Waals surface area contributed by atoms with Gasteiger partial charge in [0.15, 0.2) is 0 Å². The standard InChI is InChI=1S/C22H33N3O5S/c1-15(2)24(21(27)30-22(3,4)5)14-16-8-7-11-23(13-16)20(26)18-12-17(31-6)9-10-19(18)25(28)29/h9-10,12,15-16H,7-8,11,13-14H2,1-6H3. The number of carbonyl (C=O) groups is 2. The van der Waals surface area contributed by atoms with E-state index in [9.17, 15) is 19.7 Å². The fourth-order valence-corrected chi connectivity index (χ4v) is 4.08. The number of likely N-dealkylation sites (tertiary alicyclic amines) is 1. The van der Waals surface area contributed by atoms with Gasteiger partial charge in [0, 0.05) is 36.6 Å². The van der Waals surface area contributed by atoms with Crippen LogP contribution in [0, 0.1) is 16.0 Å². The predicted molar refractivity (Wildman–Crippen MR) is 122 cm³/mol. The Morgan fingerprint density at radius 3 is 2.58 bits per heavy atom. The molecule has 1 aromatic rings. The van der Waals surface area contributed by atoms with Crippen molar-refractivity contribution in [2.45, 2.75) is 64.0 Å². The van der Waals surface area contributed by atoms with Gasteiger partial charge in [-0.15, -0.1) is 11.8 Å². The molecule has 1 aliphatic heterocycles. The highest BCUT2D eigenvalue weighted by atomic mass is 32.2. The summed E-state index contributed by atoms with van der Waals surface area (Å²) in [5.41, 5.74) is -0.645. The molecule has 8 nitrogen and oxygen atoms in total. The quantitative estimate of drug-likeness (QED) is 0.350. The van der Waals surface area contributed by atoms with Crippen LogP contribution in [0.15, 0.2) is 23.1 Å². The van der Waals surface area contributed by atoms with Crippen molar-refractivity contribution in [3.05, 3.63) is 33.9 Å². The van der Waals surface area contributed by atoms with Crippen molar-refractivity contribution in [1.82, 2.24) is 9.80 Å². The molecule has 2 amide bonds. The van der Waals surface area contributed by atoms with Crippen LogP contribution in [0.2, 0.25) is 0 Å². The van der Waals surface area contributed by atoms with E-state index in [0.717, 1.165) is 17.7 Å². The summed E-state index contributed by atoms with van der Waals surface area (Å²) >= 11 is 1.44. The predicted octanol–water partition coefficient (Wildman–Crippen LogP) is 4.81. The van der Waals surface area contributed by atoms with Crippen molar-refractivity contribution >= 4 is 29.4 Å². The maximum absolute atomic E-state index is 13.2. The molecule has 0 bridgehead atoms. The number of hydrogen-bond donors (Lipinski definition) is 0. The summed E-state index contributed by atoms with van der Waals surface area (Å²) in [6, 6.07) is 4.60. The molecule has 1 heterocycles. The van der Waals surface area contributed by atoms with Gasteiger partial charge in [0.05, 0.1) is 4.92 Å². The van der Waals surface area contributed by atoms with Crippen molar-refractivity contribution < 1.29 is 19.2 Å². The zero-order chi connectivity index (χ0) is 23.3. The Morgan fingerprint density at radius 2 is 2.03 bits per heavy atom. The van der Waals surface area contributed by atoms with Crippen molar-refractivity contribution in [3.63, 3.8) is 0 Å². The molecule has 0 spiro atoms. The lowest BCUT2D eigenvalue weighted by molar-refractivity contribution is -0.385. The molecular weight excluding hydrogens is 418 g/mol. The Hall–Kier alpha value is -2.29. The second-order valence-corrected chi connectivity index (χ2v) is 10.0. The lowest BCUT2D eigenvalue weighted by Gasteiger charge is -2.37. The Balaban J connectivity index is 2.17. The SMILES string of the molecule is CSc1ccc([N+](=O)[O-])c(C(=O)N2CCCC(CN(C(=O)OC(C)(C)C)C(C)C)C2)c1. The van der Waals surface area contributed by atoms with Crippen molar-refractivity contribution in [2.24, 2.45) is 5.92 Å². The van der Waals surface area contributed by atoms with Crippen LogP contribution in [-0.2, 0) is 4.74 Å². The number of benzene rings is 1. The highest BCUT2D eigenvalue weighted by molar-refractivity contribution is 7.98. The van der Waals surface area contributed by atoms with Crippen LogP contribution in [0.5, 0.6) is 0 Å². The van der Waals surface area contributed by atoms with E-state index in [4.69, 9.17) is 4.74 Å². The van der Waals surface area contributed by atoms with Crippen molar-refractivity contribution in [3.8, 4) is 0 Å². The van der Waals surface area contributed by atoms with Gasteiger partial charge < -0.3 is 14.5 Å². The summed E-state index contributed by atoms with van der Waals surface area (Å²) in [5, 5.41) is 11.5. The number of ether oxygens (including phenoxy) is 1. The molecule has 1 unspecified atom stereocenters. The maximum atomic E-state index is 13.2. The van der Waals surface area contributed by atoms with Gasteiger partial charge in [-0.3, -0.25) is 14.9 Å². The monoisotopic (exact) mass is 451 g/mol. The molecule has 1 atom stereocenters. The molecule has 0 N–H and O–H groups in total. The topological polar surface area (TPSA) is 93.0 Å². The van der Waals surface area contributed by atoms with E-state index in [0.29, 0.717) is 19.6 Å². The average Bonchev–Trinajstić information content (AvgIpc) is 2.69. The van der Waals surface area contributed by atoms with Gasteiger partial charge in [-0.25, -0.2) is 4.79 Å². The zero-order valence-corrected chi connectivity index (χ0v) is 20.0. The summed E-state index contributed by atoms with van der Waals surface area (Å²) in [4.78, 5) is 40.9. The molecule has 0 aromatic heterocycles. The number of carbonyl (C=O) groups excluding carboxylic acids is 2. The number of nitro groups is 1. The highest BCUT2D eigenvalue weighted by Gasteiger charge is 2.32. The third-order valence-electron chi connectivity index (χ3n) is 5.14. The minimum atomic E-state index is -0.583. The number of nitrogens with zero attached hydrogens (tertiary/aromatic N) is 3. The molecule has 0 saturated carbocycles. The van der Waals surface area contributed by atoms with Gasteiger partial charge in [-0.1, -0.05) is 0 Å². The number of piperidine rings is 1. The first kappa shape index (κ1) is 25.0. The number of thioether (sulfide) groups is 1. The first-order valence-electron chi connectivity index (χ1n) is 10.5. The van der Waals surface area contributed by atoms with Crippen LogP contribution in [0.4, 0.5) is 10.5 Å². The molecule has 0 aliphatic carbocycles. The summed E-state index contributed by atoms with van der Waals surface area (Å²) in [7, 11) is 0. The fourth-order valence-electron chi connectivity index (χ4n) is 3.64. The fraction of sp³-hybridized carbons (Fsp3) is 0.636. The zero-order valence-electron chi connectivity index (χ0n) is 19.2. The summed E-state index contributed by atoms with van der Waals surface area (Å²) < 4.78 is 5.54. The van der Waals surface area contributed by atoms with Crippen LogP contribution in [-0.4, -0.2) is 64.3 Å². The molecule has 31 heavy (non-hydrogen) atoms. The Labute approximate surface area is 188 Å². The molecule has 172 valence electrons. The summed E-state index contributed by atoms with van der Waals surface area (Å²) in [5.74, 6) is -0.254. The molecule has 1 aromatic carbocycles. The van der Waals surface area contributed by atoms with Crippen LogP contribution in [0.3, 0.4) is 0 Å². The third kappa shape index (κ3) is 6.85. The van der Waals surface area contributed by atoms with Gasteiger partial charge in [0.2, 0.25) is 0 Å². The molecular formula is C22H33N3O5S. The van der Waals surface area contributed by atoms with Crippen LogP contribution in [0.25, 0.3) is 0 Å². The smallest absolute Gasteiger partial charge is 0.410 e. The summed E-state index contributed by atoms with van der Waals surface area (Å²) in [6.45, 7) is 10.8. The summed E-state index contributed by atoms with van der Waals surface area (Å²) in [6.07, 6.45) is 3.16. The van der Waals surface area contributed by atoms with Crippen molar-refractivity contribution in [1.29, 1.82) is 0 Å². The van der Waals surface area contributed by atoms with E-state index >= 15 is 0 Å². The molecule has 0 radical (unpaired) electrons. The van der Waals surface area contributed by atoms with Crippen molar-refractivity contribution in [2.75, 3.05) is 25.9 Å². The second-order valence-electron chi connectivity index (χ2n) is 9.13. The van der Waals surface area contributed by atoms with E-state index in [1.165, 1.54) is 17.8 Å². The van der Waals surface area contributed by atoms with Crippen LogP contribution in [0.1, 0.15) is 57.8 Å². The number of amides is 2. The molecule has 2 rings (SSSR count). The number of hydrogen-bond acceptors (Lipinski definition) is 6. The van der Waals surface area contributed by atoms with E-state index in [2.05, 4.69) is 0 Å². The number of rotatable bonds is 6. The normalized spacial score (nSPS) is 16.9. The minimum absolute atomic E-state index is 0.0414. The van der Waals surface area contributed by atoms with Gasteiger partial charge in [0.25, 0.3) is 11.6 Å². The first-order chi connectivity index (χ1) is 14.4. The van der Waals surface area contributed by atoms with Crippen LogP contribution < -0.4 is 0 Å². The minimum Gasteiger partial charge on any atom is -0.444 e. The van der Waals surface area contributed by atoms with E-state index in [1.54, 1.807) is 21.9 Å². The van der Waals surface area contributed by atoms with E-state index in [-0.39, 0.29) is 35.2 Å². The molecule has 1 aliphatic rings. The lowest BCUT2D eigenvalue weighted by atomic mass is 9.96. The van der Waals surface area contributed by atoms with Crippen LogP contribution >= 0.6 is 11.8 Å². The number of nitro benzene ring substituents is 1. The lowest BCUT2D eigenvalue weighted by Crippen LogP contribution is -2.48. The Kier molecular flexibility index (Phi) is 8.34. The van der Waals surface area contributed by atoms with Gasteiger partial charge in [-0.2, -0.15) is 0 Å². The highest BCUT2D eigenvalue weighted by Crippen LogP contribution is 2.28. The second kappa shape index (κ2) is 10.3. The first-order valence-corrected chi connectivity index (χ1v) is 11.8. The van der Waals surface area contributed by atoms with E-state index < -0.39 is 10.5 Å². The molecule has 1 fully saturated rings.